The number of hydrogen-bond acceptors (Lipinski definition) is 4. The third-order valence-corrected chi connectivity index (χ3v) is 5.14. The molecule has 1 saturated heterocycles. The zero-order valence-electron chi connectivity index (χ0n) is 12.7. The summed E-state index contributed by atoms with van der Waals surface area (Å²) in [4.78, 5) is 11.7. The van der Waals surface area contributed by atoms with E-state index in [0.29, 0.717) is 13.0 Å². The monoisotopic (exact) mass is 285 g/mol. The lowest BCUT2D eigenvalue weighted by atomic mass is 9.75. The lowest BCUT2D eigenvalue weighted by Gasteiger charge is -2.34. The fourth-order valence-electron chi connectivity index (χ4n) is 3.62. The van der Waals surface area contributed by atoms with Gasteiger partial charge in [0.25, 0.3) is 0 Å². The first-order valence-corrected chi connectivity index (χ1v) is 7.59. The minimum Gasteiger partial charge on any atom is -0.481 e. The molecule has 0 bridgehead atoms. The first-order chi connectivity index (χ1) is 9.49. The summed E-state index contributed by atoms with van der Waals surface area (Å²) in [7, 11) is 1.71. The average Bonchev–Trinajstić information content (AvgIpc) is 2.85. The number of hydrogen-bond donors (Lipinski definition) is 2. The van der Waals surface area contributed by atoms with Gasteiger partial charge in [0.1, 0.15) is 0 Å². The molecule has 1 heterocycles. The van der Waals surface area contributed by atoms with Crippen LogP contribution in [0, 0.1) is 11.3 Å². The van der Waals surface area contributed by atoms with E-state index >= 15 is 0 Å². The average molecular weight is 285 g/mol. The highest BCUT2D eigenvalue weighted by Crippen LogP contribution is 2.44. The molecule has 1 saturated carbocycles. The zero-order chi connectivity index (χ0) is 14.8. The van der Waals surface area contributed by atoms with E-state index in [2.05, 4.69) is 5.32 Å². The highest BCUT2D eigenvalue weighted by atomic mass is 16.5. The molecule has 2 N–H and O–H groups in total. The van der Waals surface area contributed by atoms with Crippen molar-refractivity contribution in [2.75, 3.05) is 20.3 Å². The highest BCUT2D eigenvalue weighted by molar-refractivity contribution is 5.75. The summed E-state index contributed by atoms with van der Waals surface area (Å²) in [5.41, 5.74) is -0.564. The second-order valence-corrected chi connectivity index (χ2v) is 6.47. The van der Waals surface area contributed by atoms with E-state index in [4.69, 9.17) is 9.47 Å². The third-order valence-electron chi connectivity index (χ3n) is 5.14. The number of carboxylic acid groups (broad SMARTS) is 1. The van der Waals surface area contributed by atoms with E-state index in [1.54, 1.807) is 7.11 Å². The molecule has 116 valence electrons. The molecule has 1 aliphatic heterocycles. The van der Waals surface area contributed by atoms with Gasteiger partial charge >= 0.3 is 5.97 Å². The lowest BCUT2D eigenvalue weighted by molar-refractivity contribution is -0.151. The number of carboxylic acids is 1. The van der Waals surface area contributed by atoms with Crippen LogP contribution in [0.25, 0.3) is 0 Å². The smallest absolute Gasteiger partial charge is 0.309 e. The van der Waals surface area contributed by atoms with Crippen LogP contribution in [0.1, 0.15) is 39.5 Å². The predicted octanol–water partition coefficient (Wildman–Crippen LogP) is 1.66. The van der Waals surface area contributed by atoms with Gasteiger partial charge in [-0.15, -0.1) is 0 Å². The van der Waals surface area contributed by atoms with Gasteiger partial charge in [-0.2, -0.15) is 0 Å². The fourth-order valence-corrected chi connectivity index (χ4v) is 3.62. The highest BCUT2D eigenvalue weighted by Gasteiger charge is 2.48. The van der Waals surface area contributed by atoms with E-state index in [1.807, 2.05) is 13.8 Å². The summed E-state index contributed by atoms with van der Waals surface area (Å²) in [6, 6.07) is 0.546. The van der Waals surface area contributed by atoms with Gasteiger partial charge in [-0.1, -0.05) is 13.8 Å². The van der Waals surface area contributed by atoms with Crippen molar-refractivity contribution in [3.63, 3.8) is 0 Å². The first-order valence-electron chi connectivity index (χ1n) is 7.59. The van der Waals surface area contributed by atoms with Crippen LogP contribution in [0.2, 0.25) is 0 Å². The van der Waals surface area contributed by atoms with Crippen LogP contribution in [0.3, 0.4) is 0 Å². The Bertz CT molecular complexity index is 347. The molecule has 0 unspecified atom stereocenters. The molecule has 0 radical (unpaired) electrons. The van der Waals surface area contributed by atoms with Gasteiger partial charge < -0.3 is 19.9 Å². The van der Waals surface area contributed by atoms with E-state index in [-0.39, 0.29) is 24.1 Å². The van der Waals surface area contributed by atoms with Crippen LogP contribution < -0.4 is 5.32 Å². The van der Waals surface area contributed by atoms with Gasteiger partial charge in [0, 0.05) is 25.8 Å². The minimum atomic E-state index is -0.646. The van der Waals surface area contributed by atoms with E-state index in [0.717, 1.165) is 25.9 Å². The molecule has 2 aliphatic rings. The molecule has 0 spiro atoms. The summed E-state index contributed by atoms with van der Waals surface area (Å²) < 4.78 is 10.9. The van der Waals surface area contributed by atoms with Crippen molar-refractivity contribution in [3.8, 4) is 0 Å². The predicted molar refractivity (Wildman–Crippen MR) is 75.7 cm³/mol. The number of carbonyl (C=O) groups is 1. The molecule has 0 aromatic carbocycles. The second kappa shape index (κ2) is 6.41. The maximum Gasteiger partial charge on any atom is 0.309 e. The van der Waals surface area contributed by atoms with Crippen LogP contribution in [0.15, 0.2) is 0 Å². The molecule has 20 heavy (non-hydrogen) atoms. The summed E-state index contributed by atoms with van der Waals surface area (Å²) in [6.07, 6.45) is 3.41. The SMILES string of the molecule is CO[C@@H]1COCC[C@@H]1N[C@@H]1CC[C@@](C(=O)O)(C(C)C)C1. The van der Waals surface area contributed by atoms with Gasteiger partial charge in [-0.05, 0) is 31.6 Å². The van der Waals surface area contributed by atoms with Gasteiger partial charge in [-0.3, -0.25) is 4.79 Å². The van der Waals surface area contributed by atoms with E-state index in [1.165, 1.54) is 0 Å². The van der Waals surface area contributed by atoms with E-state index < -0.39 is 11.4 Å². The number of ether oxygens (including phenoxy) is 2. The Morgan fingerprint density at radius 1 is 1.45 bits per heavy atom. The molecule has 2 fully saturated rings. The first kappa shape index (κ1) is 15.7. The van der Waals surface area contributed by atoms with Crippen LogP contribution in [0.4, 0.5) is 0 Å². The van der Waals surface area contributed by atoms with Gasteiger partial charge in [0.05, 0.1) is 18.1 Å². The van der Waals surface area contributed by atoms with Crippen molar-refractivity contribution in [3.05, 3.63) is 0 Å². The molecule has 0 aromatic heterocycles. The molecule has 4 atom stereocenters. The zero-order valence-corrected chi connectivity index (χ0v) is 12.7. The standard InChI is InChI=1S/C15H27NO4/c1-10(2)15(14(17)18)6-4-11(8-15)16-12-5-7-20-9-13(12)19-3/h10-13,16H,4-9H2,1-3H3,(H,17,18)/t11-,12+,13-,15+/m1/s1. The summed E-state index contributed by atoms with van der Waals surface area (Å²) in [5, 5.41) is 13.2. The Balaban J connectivity index is 1.97. The van der Waals surface area contributed by atoms with Crippen LogP contribution >= 0.6 is 0 Å². The van der Waals surface area contributed by atoms with Gasteiger partial charge in [-0.25, -0.2) is 0 Å². The maximum absolute atomic E-state index is 11.7. The molecular formula is C15H27NO4. The number of methoxy groups -OCH3 is 1. The Kier molecular flexibility index (Phi) is 5.04. The quantitative estimate of drug-likeness (QED) is 0.804. The van der Waals surface area contributed by atoms with Gasteiger partial charge in [0.15, 0.2) is 0 Å². The largest absolute Gasteiger partial charge is 0.481 e. The van der Waals surface area contributed by atoms with Crippen molar-refractivity contribution < 1.29 is 19.4 Å². The summed E-state index contributed by atoms with van der Waals surface area (Å²) in [6.45, 7) is 5.40. The Labute approximate surface area is 121 Å². The molecule has 5 heteroatoms. The normalized spacial score (nSPS) is 38.3. The van der Waals surface area contributed by atoms with Crippen LogP contribution in [-0.4, -0.2) is 49.6 Å². The van der Waals surface area contributed by atoms with Crippen molar-refractivity contribution in [1.82, 2.24) is 5.32 Å². The fraction of sp³-hybridized carbons (Fsp3) is 0.933. The number of aliphatic carboxylic acids is 1. The van der Waals surface area contributed by atoms with Crippen LogP contribution in [-0.2, 0) is 14.3 Å². The maximum atomic E-state index is 11.7. The Hall–Kier alpha value is -0.650. The van der Waals surface area contributed by atoms with Crippen molar-refractivity contribution in [2.24, 2.45) is 11.3 Å². The molecule has 1 aliphatic carbocycles. The molecule has 0 aromatic rings. The van der Waals surface area contributed by atoms with Gasteiger partial charge in [0.2, 0.25) is 0 Å². The second-order valence-electron chi connectivity index (χ2n) is 6.47. The molecule has 2 rings (SSSR count). The lowest BCUT2D eigenvalue weighted by Crippen LogP contribution is -2.51. The van der Waals surface area contributed by atoms with Crippen molar-refractivity contribution >= 4 is 5.97 Å². The number of rotatable bonds is 5. The topological polar surface area (TPSA) is 67.8 Å². The Morgan fingerprint density at radius 3 is 2.75 bits per heavy atom. The van der Waals surface area contributed by atoms with Crippen LogP contribution in [0.5, 0.6) is 0 Å². The van der Waals surface area contributed by atoms with Crippen molar-refractivity contribution in [1.29, 1.82) is 0 Å². The summed E-state index contributed by atoms with van der Waals surface area (Å²) >= 11 is 0. The van der Waals surface area contributed by atoms with Crippen molar-refractivity contribution in [2.45, 2.75) is 57.7 Å². The molecule has 0 amide bonds. The molecular weight excluding hydrogens is 258 g/mol. The van der Waals surface area contributed by atoms with E-state index in [9.17, 15) is 9.90 Å². The third kappa shape index (κ3) is 3.00. The number of nitrogens with one attached hydrogen (secondary N) is 1. The minimum absolute atomic E-state index is 0.0719. The Morgan fingerprint density at radius 2 is 2.20 bits per heavy atom. The summed E-state index contributed by atoms with van der Waals surface area (Å²) in [5.74, 6) is -0.480. The molecule has 5 nitrogen and oxygen atoms in total.